The van der Waals surface area contributed by atoms with Crippen molar-refractivity contribution in [2.24, 2.45) is 5.92 Å². The Hall–Kier alpha value is -1.12. The van der Waals surface area contributed by atoms with Gasteiger partial charge < -0.3 is 5.32 Å². The van der Waals surface area contributed by atoms with Gasteiger partial charge in [-0.3, -0.25) is 0 Å². The normalized spacial score (nSPS) is 27.1. The Morgan fingerprint density at radius 2 is 1.90 bits per heavy atom. The van der Waals surface area contributed by atoms with E-state index in [1.165, 1.54) is 57.1 Å². The van der Waals surface area contributed by atoms with Gasteiger partial charge in [0.1, 0.15) is 11.6 Å². The zero-order valence-corrected chi connectivity index (χ0v) is 12.9. The first-order valence-electron chi connectivity index (χ1n) is 8.36. The molecule has 0 amide bonds. The second-order valence-corrected chi connectivity index (χ2v) is 6.55. The maximum atomic E-state index is 4.96. The summed E-state index contributed by atoms with van der Waals surface area (Å²) >= 11 is 0. The van der Waals surface area contributed by atoms with Crippen molar-refractivity contribution in [3.05, 3.63) is 17.6 Å². The zero-order valence-electron chi connectivity index (χ0n) is 12.9. The molecule has 2 saturated carbocycles. The molecule has 2 aliphatic carbocycles. The average Bonchev–Trinajstić information content (AvgIpc) is 3.17. The summed E-state index contributed by atoms with van der Waals surface area (Å²) in [6, 6.07) is 2.17. The number of nitrogens with one attached hydrogen (secondary N) is 1. The van der Waals surface area contributed by atoms with E-state index >= 15 is 0 Å². The number of rotatable bonds is 4. The summed E-state index contributed by atoms with van der Waals surface area (Å²) in [4.78, 5) is 9.71. The lowest BCUT2D eigenvalue weighted by Crippen LogP contribution is -2.09. The van der Waals surface area contributed by atoms with E-state index in [1.54, 1.807) is 0 Å². The largest absolute Gasteiger partial charge is 0.373 e. The van der Waals surface area contributed by atoms with Gasteiger partial charge >= 0.3 is 0 Å². The molecule has 0 bridgehead atoms. The van der Waals surface area contributed by atoms with Crippen molar-refractivity contribution in [3.8, 4) is 0 Å². The molecule has 0 aliphatic heterocycles. The molecule has 110 valence electrons. The predicted octanol–water partition coefficient (Wildman–Crippen LogP) is 4.47. The fourth-order valence-electron chi connectivity index (χ4n) is 3.91. The van der Waals surface area contributed by atoms with E-state index < -0.39 is 0 Å². The van der Waals surface area contributed by atoms with E-state index in [4.69, 9.17) is 9.97 Å². The summed E-state index contributed by atoms with van der Waals surface area (Å²) in [5.74, 6) is 4.27. The van der Waals surface area contributed by atoms with Crippen molar-refractivity contribution in [1.82, 2.24) is 9.97 Å². The van der Waals surface area contributed by atoms with Crippen LogP contribution in [0.25, 0.3) is 0 Å². The molecule has 0 saturated heterocycles. The summed E-state index contributed by atoms with van der Waals surface area (Å²) in [5.41, 5.74) is 1.29. The predicted molar refractivity (Wildman–Crippen MR) is 83.2 cm³/mol. The van der Waals surface area contributed by atoms with Gasteiger partial charge in [-0.25, -0.2) is 9.97 Å². The van der Waals surface area contributed by atoms with Gasteiger partial charge in [0, 0.05) is 30.6 Å². The summed E-state index contributed by atoms with van der Waals surface area (Å²) < 4.78 is 0. The fraction of sp³-hybridized carbons (Fsp3) is 0.765. The molecule has 2 atom stereocenters. The first kappa shape index (κ1) is 13.8. The van der Waals surface area contributed by atoms with Gasteiger partial charge in [-0.2, -0.15) is 0 Å². The zero-order chi connectivity index (χ0) is 13.9. The number of hydrogen-bond acceptors (Lipinski definition) is 3. The molecule has 1 N–H and O–H groups in total. The van der Waals surface area contributed by atoms with Crippen LogP contribution >= 0.6 is 0 Å². The van der Waals surface area contributed by atoms with Gasteiger partial charge in [0.15, 0.2) is 0 Å². The second kappa shape index (κ2) is 6.11. The van der Waals surface area contributed by atoms with Crippen molar-refractivity contribution < 1.29 is 0 Å². The molecule has 2 unspecified atom stereocenters. The van der Waals surface area contributed by atoms with Crippen LogP contribution in [0.2, 0.25) is 0 Å². The van der Waals surface area contributed by atoms with Crippen molar-refractivity contribution >= 4 is 5.82 Å². The third-order valence-electron chi connectivity index (χ3n) is 5.28. The molecular formula is C17H27N3. The van der Waals surface area contributed by atoms with Gasteiger partial charge in [-0.05, 0) is 38.0 Å². The van der Waals surface area contributed by atoms with Crippen molar-refractivity contribution in [1.29, 1.82) is 0 Å². The lowest BCUT2D eigenvalue weighted by Gasteiger charge is -2.15. The van der Waals surface area contributed by atoms with E-state index in [0.717, 1.165) is 17.6 Å². The van der Waals surface area contributed by atoms with Crippen LogP contribution in [0.4, 0.5) is 5.82 Å². The Kier molecular flexibility index (Phi) is 4.23. The van der Waals surface area contributed by atoms with E-state index in [2.05, 4.69) is 18.3 Å². The van der Waals surface area contributed by atoms with Crippen LogP contribution in [-0.4, -0.2) is 17.0 Å². The Bertz CT molecular complexity index is 452. The number of nitrogens with zero attached hydrogens (tertiary/aromatic N) is 2. The van der Waals surface area contributed by atoms with E-state index in [1.807, 2.05) is 7.05 Å². The maximum absolute atomic E-state index is 4.96. The minimum absolute atomic E-state index is 0.591. The fourth-order valence-corrected chi connectivity index (χ4v) is 3.91. The minimum Gasteiger partial charge on any atom is -0.373 e. The highest BCUT2D eigenvalue weighted by Gasteiger charge is 2.28. The standard InChI is InChI=1S/C17H27N3/c1-3-12-8-9-14(10-12)17-19-15(11-16(18-2)20-17)13-6-4-5-7-13/h11-14H,3-10H2,1-2H3,(H,18,19,20). The molecule has 0 radical (unpaired) electrons. The molecule has 0 spiro atoms. The monoisotopic (exact) mass is 273 g/mol. The maximum Gasteiger partial charge on any atom is 0.134 e. The summed E-state index contributed by atoms with van der Waals surface area (Å²) in [6.07, 6.45) is 10.6. The number of hydrogen-bond donors (Lipinski definition) is 1. The van der Waals surface area contributed by atoms with Crippen LogP contribution in [0.15, 0.2) is 6.07 Å². The average molecular weight is 273 g/mol. The molecule has 3 rings (SSSR count). The van der Waals surface area contributed by atoms with Crippen molar-refractivity contribution in [3.63, 3.8) is 0 Å². The quantitative estimate of drug-likeness (QED) is 0.879. The SMILES string of the molecule is CCC1CCC(c2nc(NC)cc(C3CCCC3)n2)C1. The smallest absolute Gasteiger partial charge is 0.134 e. The summed E-state index contributed by atoms with van der Waals surface area (Å²) in [5, 5.41) is 3.23. The van der Waals surface area contributed by atoms with Crippen molar-refractivity contribution in [2.45, 2.75) is 70.1 Å². The lowest BCUT2D eigenvalue weighted by atomic mass is 10.0. The highest BCUT2D eigenvalue weighted by Crippen LogP contribution is 2.40. The Labute approximate surface area is 122 Å². The Balaban J connectivity index is 1.84. The molecule has 1 aromatic rings. The first-order valence-corrected chi connectivity index (χ1v) is 8.36. The third-order valence-corrected chi connectivity index (χ3v) is 5.28. The third kappa shape index (κ3) is 2.82. The van der Waals surface area contributed by atoms with Crippen molar-refractivity contribution in [2.75, 3.05) is 12.4 Å². The Morgan fingerprint density at radius 1 is 1.10 bits per heavy atom. The van der Waals surface area contributed by atoms with E-state index in [-0.39, 0.29) is 0 Å². The van der Waals surface area contributed by atoms with Crippen LogP contribution in [0, 0.1) is 5.92 Å². The number of anilines is 1. The molecule has 3 nitrogen and oxygen atoms in total. The number of aromatic nitrogens is 2. The molecule has 2 aliphatic rings. The van der Waals surface area contributed by atoms with Crippen LogP contribution < -0.4 is 5.32 Å². The molecular weight excluding hydrogens is 246 g/mol. The molecule has 3 heteroatoms. The van der Waals surface area contributed by atoms with Crippen LogP contribution in [-0.2, 0) is 0 Å². The molecule has 0 aromatic carbocycles. The molecule has 20 heavy (non-hydrogen) atoms. The van der Waals surface area contributed by atoms with Gasteiger partial charge in [-0.15, -0.1) is 0 Å². The van der Waals surface area contributed by atoms with Gasteiger partial charge in [0.2, 0.25) is 0 Å². The minimum atomic E-state index is 0.591. The first-order chi connectivity index (χ1) is 9.80. The van der Waals surface area contributed by atoms with Crippen LogP contribution in [0.3, 0.4) is 0 Å². The molecule has 2 fully saturated rings. The van der Waals surface area contributed by atoms with Crippen LogP contribution in [0.1, 0.15) is 81.6 Å². The molecule has 1 heterocycles. The topological polar surface area (TPSA) is 37.8 Å². The second-order valence-electron chi connectivity index (χ2n) is 6.55. The van der Waals surface area contributed by atoms with Gasteiger partial charge in [0.25, 0.3) is 0 Å². The van der Waals surface area contributed by atoms with Gasteiger partial charge in [0.05, 0.1) is 0 Å². The lowest BCUT2D eigenvalue weighted by molar-refractivity contribution is 0.515. The van der Waals surface area contributed by atoms with Crippen LogP contribution in [0.5, 0.6) is 0 Å². The molecule has 1 aromatic heterocycles. The van der Waals surface area contributed by atoms with E-state index in [9.17, 15) is 0 Å². The highest BCUT2D eigenvalue weighted by molar-refractivity contribution is 5.37. The van der Waals surface area contributed by atoms with E-state index in [0.29, 0.717) is 11.8 Å². The summed E-state index contributed by atoms with van der Waals surface area (Å²) in [6.45, 7) is 2.31. The Morgan fingerprint density at radius 3 is 2.55 bits per heavy atom. The van der Waals surface area contributed by atoms with Gasteiger partial charge in [-0.1, -0.05) is 26.2 Å². The highest BCUT2D eigenvalue weighted by atomic mass is 15.0. The summed E-state index contributed by atoms with van der Waals surface area (Å²) in [7, 11) is 1.97.